The Kier molecular flexibility index (Phi) is 6.05. The summed E-state index contributed by atoms with van der Waals surface area (Å²) in [5.41, 5.74) is 0.752. The molecule has 0 fully saturated rings. The summed E-state index contributed by atoms with van der Waals surface area (Å²) in [6.45, 7) is 9.20. The molecule has 102 valence electrons. The van der Waals surface area contributed by atoms with Gasteiger partial charge in [-0.15, -0.1) is 0 Å². The molecule has 18 heavy (non-hydrogen) atoms. The summed E-state index contributed by atoms with van der Waals surface area (Å²) in [4.78, 5) is 8.63. The zero-order valence-corrected chi connectivity index (χ0v) is 12.4. The molecule has 4 nitrogen and oxygen atoms in total. The smallest absolute Gasteiger partial charge is 0.187 e. The molecule has 0 aliphatic carbocycles. The van der Waals surface area contributed by atoms with Gasteiger partial charge in [0.05, 0.1) is 6.61 Å². The van der Waals surface area contributed by atoms with Gasteiger partial charge in [0, 0.05) is 22.7 Å². The first kappa shape index (κ1) is 15.4. The molecule has 0 aliphatic heterocycles. The largest absolute Gasteiger partial charge is 0.394 e. The number of hydrogen-bond acceptors (Lipinski definition) is 5. The van der Waals surface area contributed by atoms with Crippen LogP contribution in [0.15, 0.2) is 17.4 Å². The van der Waals surface area contributed by atoms with Crippen LogP contribution in [-0.4, -0.2) is 39.0 Å². The van der Waals surface area contributed by atoms with Crippen molar-refractivity contribution in [1.82, 2.24) is 15.3 Å². The molecule has 1 aromatic rings. The molecule has 1 aromatic heterocycles. The number of aryl methyl sites for hydroxylation is 1. The molecular weight excluding hydrogens is 246 g/mol. The van der Waals surface area contributed by atoms with Crippen molar-refractivity contribution in [2.45, 2.75) is 50.1 Å². The van der Waals surface area contributed by atoms with Gasteiger partial charge in [-0.1, -0.05) is 25.6 Å². The second-order valence-corrected chi connectivity index (χ2v) is 6.27. The van der Waals surface area contributed by atoms with E-state index in [1.54, 1.807) is 18.0 Å². The van der Waals surface area contributed by atoms with Gasteiger partial charge >= 0.3 is 0 Å². The monoisotopic (exact) mass is 269 g/mol. The molecule has 2 unspecified atom stereocenters. The summed E-state index contributed by atoms with van der Waals surface area (Å²) in [7, 11) is 0. The highest BCUT2D eigenvalue weighted by molar-refractivity contribution is 7.99. The predicted molar refractivity (Wildman–Crippen MR) is 75.9 cm³/mol. The van der Waals surface area contributed by atoms with Crippen molar-refractivity contribution in [3.8, 4) is 0 Å². The maximum Gasteiger partial charge on any atom is 0.187 e. The number of nitrogens with zero attached hydrogens (tertiary/aromatic N) is 2. The average molecular weight is 269 g/mol. The first-order chi connectivity index (χ1) is 8.49. The lowest BCUT2D eigenvalue weighted by molar-refractivity contribution is 0.168. The van der Waals surface area contributed by atoms with Crippen molar-refractivity contribution in [3.05, 3.63) is 18.0 Å². The van der Waals surface area contributed by atoms with Crippen molar-refractivity contribution in [2.24, 2.45) is 0 Å². The van der Waals surface area contributed by atoms with E-state index in [1.807, 2.05) is 19.9 Å². The molecule has 0 aliphatic rings. The summed E-state index contributed by atoms with van der Waals surface area (Å²) < 4.78 is 0. The van der Waals surface area contributed by atoms with Crippen LogP contribution in [0.2, 0.25) is 0 Å². The van der Waals surface area contributed by atoms with E-state index in [-0.39, 0.29) is 12.1 Å². The van der Waals surface area contributed by atoms with Gasteiger partial charge in [-0.3, -0.25) is 0 Å². The maximum atomic E-state index is 9.47. The quantitative estimate of drug-likeness (QED) is 0.586. The number of nitrogens with one attached hydrogen (secondary N) is 1. The van der Waals surface area contributed by atoms with Crippen molar-refractivity contribution in [3.63, 3.8) is 0 Å². The summed E-state index contributed by atoms with van der Waals surface area (Å²) in [6, 6.07) is 1.89. The fourth-order valence-corrected chi connectivity index (χ4v) is 3.09. The third kappa shape index (κ3) is 4.92. The second-order valence-electron chi connectivity index (χ2n) is 4.86. The number of aliphatic hydroxyl groups excluding tert-OH is 1. The number of hydrogen-bond donors (Lipinski definition) is 2. The molecule has 0 amide bonds. The maximum absolute atomic E-state index is 9.47. The van der Waals surface area contributed by atoms with Crippen LogP contribution in [-0.2, 0) is 0 Å². The summed E-state index contributed by atoms with van der Waals surface area (Å²) in [5, 5.41) is 14.0. The Balaban J connectivity index is 2.57. The number of thioether (sulfide) groups is 1. The van der Waals surface area contributed by atoms with Gasteiger partial charge in [-0.05, 0) is 32.9 Å². The lowest BCUT2D eigenvalue weighted by Gasteiger charge is -2.30. The third-order valence-corrected chi connectivity index (χ3v) is 3.75. The Bertz CT molecular complexity index is 375. The summed E-state index contributed by atoms with van der Waals surface area (Å²) in [6.07, 6.45) is 2.66. The highest BCUT2D eigenvalue weighted by atomic mass is 32.2. The van der Waals surface area contributed by atoms with Gasteiger partial charge in [0.1, 0.15) is 0 Å². The van der Waals surface area contributed by atoms with Crippen LogP contribution in [0.3, 0.4) is 0 Å². The van der Waals surface area contributed by atoms with Crippen molar-refractivity contribution in [2.75, 3.05) is 13.2 Å². The number of aliphatic hydroxyl groups is 1. The Morgan fingerprint density at radius 1 is 1.56 bits per heavy atom. The van der Waals surface area contributed by atoms with Gasteiger partial charge in [-0.25, -0.2) is 9.97 Å². The normalized spacial score (nSPS) is 16.3. The minimum atomic E-state index is -0.231. The van der Waals surface area contributed by atoms with Crippen molar-refractivity contribution >= 4 is 11.8 Å². The average Bonchev–Trinajstić information content (AvgIpc) is 2.29. The molecule has 1 heterocycles. The zero-order valence-electron chi connectivity index (χ0n) is 11.6. The minimum Gasteiger partial charge on any atom is -0.394 e. The van der Waals surface area contributed by atoms with E-state index in [4.69, 9.17) is 0 Å². The van der Waals surface area contributed by atoms with Gasteiger partial charge < -0.3 is 10.4 Å². The van der Waals surface area contributed by atoms with Crippen LogP contribution >= 0.6 is 11.8 Å². The number of likely N-dealkylation sites (N-methyl/N-ethyl adjacent to an activating group) is 1. The van der Waals surface area contributed by atoms with Gasteiger partial charge in [-0.2, -0.15) is 0 Å². The van der Waals surface area contributed by atoms with Gasteiger partial charge in [0.15, 0.2) is 5.16 Å². The standard InChI is InChI=1S/C13H23N3OS/c1-5-15-13(4,9-17)8-11(3)18-12-14-7-6-10(2)16-12/h6-7,11,15,17H,5,8-9H2,1-4H3. The van der Waals surface area contributed by atoms with Crippen LogP contribution in [0.4, 0.5) is 0 Å². The fraction of sp³-hybridized carbons (Fsp3) is 0.692. The molecule has 2 N–H and O–H groups in total. The van der Waals surface area contributed by atoms with E-state index >= 15 is 0 Å². The fourth-order valence-electron chi connectivity index (χ4n) is 1.96. The van der Waals surface area contributed by atoms with E-state index < -0.39 is 0 Å². The summed E-state index contributed by atoms with van der Waals surface area (Å²) in [5.74, 6) is 0. The Labute approximate surface area is 114 Å². The topological polar surface area (TPSA) is 58.0 Å². The SMILES string of the molecule is CCNC(C)(CO)CC(C)Sc1nccc(C)n1. The lowest BCUT2D eigenvalue weighted by atomic mass is 9.97. The molecule has 0 saturated heterocycles. The van der Waals surface area contributed by atoms with Crippen LogP contribution in [0.5, 0.6) is 0 Å². The predicted octanol–water partition coefficient (Wildman–Crippen LogP) is 2.02. The van der Waals surface area contributed by atoms with Crippen molar-refractivity contribution in [1.29, 1.82) is 0 Å². The lowest BCUT2D eigenvalue weighted by Crippen LogP contribution is -2.47. The Morgan fingerprint density at radius 3 is 2.83 bits per heavy atom. The Hall–Kier alpha value is -0.650. The molecule has 5 heteroatoms. The first-order valence-electron chi connectivity index (χ1n) is 6.31. The Morgan fingerprint density at radius 2 is 2.28 bits per heavy atom. The second kappa shape index (κ2) is 7.07. The molecule has 0 saturated carbocycles. The number of rotatable bonds is 7. The molecule has 0 bridgehead atoms. The molecule has 0 radical (unpaired) electrons. The van der Waals surface area contributed by atoms with E-state index in [9.17, 15) is 5.11 Å². The molecule has 0 spiro atoms. The van der Waals surface area contributed by atoms with E-state index in [1.165, 1.54) is 0 Å². The molecule has 0 aromatic carbocycles. The van der Waals surface area contributed by atoms with E-state index in [0.717, 1.165) is 23.8 Å². The first-order valence-corrected chi connectivity index (χ1v) is 7.19. The van der Waals surface area contributed by atoms with Gasteiger partial charge in [0.25, 0.3) is 0 Å². The third-order valence-electron chi connectivity index (χ3n) is 2.77. The zero-order chi connectivity index (χ0) is 13.6. The van der Waals surface area contributed by atoms with E-state index in [0.29, 0.717) is 5.25 Å². The molecule has 2 atom stereocenters. The minimum absolute atomic E-state index is 0.139. The van der Waals surface area contributed by atoms with Crippen LogP contribution in [0.1, 0.15) is 32.9 Å². The number of aromatic nitrogens is 2. The van der Waals surface area contributed by atoms with Crippen LogP contribution in [0, 0.1) is 6.92 Å². The van der Waals surface area contributed by atoms with Crippen molar-refractivity contribution < 1.29 is 5.11 Å². The van der Waals surface area contributed by atoms with Crippen LogP contribution < -0.4 is 5.32 Å². The highest BCUT2D eigenvalue weighted by Crippen LogP contribution is 2.26. The summed E-state index contributed by atoms with van der Waals surface area (Å²) >= 11 is 1.65. The highest BCUT2D eigenvalue weighted by Gasteiger charge is 2.25. The molecule has 1 rings (SSSR count). The molecular formula is C13H23N3OS. The van der Waals surface area contributed by atoms with Gasteiger partial charge in [0.2, 0.25) is 0 Å². The van der Waals surface area contributed by atoms with E-state index in [2.05, 4.69) is 29.1 Å². The van der Waals surface area contributed by atoms with Crippen LogP contribution in [0.25, 0.3) is 0 Å².